The molecule has 0 radical (unpaired) electrons. The molecule has 6 heteroatoms. The molecule has 0 atom stereocenters. The minimum Gasteiger partial charge on any atom is -0.404 e. The Hall–Kier alpha value is -1.82. The number of rotatable bonds is 4. The van der Waals surface area contributed by atoms with E-state index in [2.05, 4.69) is 21.2 Å². The molecule has 94 valence electrons. The lowest BCUT2D eigenvalue weighted by Crippen LogP contribution is -1.99. The first-order chi connectivity index (χ1) is 8.56. The third kappa shape index (κ3) is 2.89. The minimum absolute atomic E-state index is 0.238. The fraction of sp³-hybridized carbons (Fsp3) is 0.167. The Labute approximate surface area is 112 Å². The summed E-state index contributed by atoms with van der Waals surface area (Å²) in [6.07, 6.45) is 0. The highest BCUT2D eigenvalue weighted by Gasteiger charge is 2.11. The van der Waals surface area contributed by atoms with Crippen molar-refractivity contribution < 1.29 is 9.34 Å². The normalized spacial score (nSPS) is 10.3. The second kappa shape index (κ2) is 5.22. The quantitative estimate of drug-likeness (QED) is 0.687. The maximum Gasteiger partial charge on any atom is 0.433 e. The van der Waals surface area contributed by atoms with Crippen LogP contribution in [-0.4, -0.2) is 4.92 Å². The number of aryl methyl sites for hydroxylation is 1. The van der Waals surface area contributed by atoms with Crippen LogP contribution in [0, 0.1) is 17.0 Å². The topological polar surface area (TPSA) is 68.3 Å². The molecule has 18 heavy (non-hydrogen) atoms. The molecule has 0 unspecified atom stereocenters. The molecule has 0 aliphatic heterocycles. The maximum atomic E-state index is 10.5. The van der Waals surface area contributed by atoms with Crippen LogP contribution in [0.5, 0.6) is 0 Å². The second-order valence-electron chi connectivity index (χ2n) is 3.81. The molecule has 0 spiro atoms. The number of anilines is 1. The molecule has 5 nitrogen and oxygen atoms in total. The van der Waals surface area contributed by atoms with Crippen LogP contribution in [0.15, 0.2) is 39.2 Å². The lowest BCUT2D eigenvalue weighted by molar-refractivity contribution is -0.402. The third-order valence-electron chi connectivity index (χ3n) is 2.48. The summed E-state index contributed by atoms with van der Waals surface area (Å²) >= 11 is 3.39. The smallest absolute Gasteiger partial charge is 0.404 e. The largest absolute Gasteiger partial charge is 0.433 e. The summed E-state index contributed by atoms with van der Waals surface area (Å²) in [5.41, 5.74) is 2.06. The zero-order chi connectivity index (χ0) is 13.1. The summed E-state index contributed by atoms with van der Waals surface area (Å²) in [4.78, 5) is 9.92. The monoisotopic (exact) mass is 310 g/mol. The number of hydrogen-bond acceptors (Lipinski definition) is 4. The van der Waals surface area contributed by atoms with Crippen molar-refractivity contribution in [3.63, 3.8) is 0 Å². The number of nitrogens with zero attached hydrogens (tertiary/aromatic N) is 1. The van der Waals surface area contributed by atoms with Crippen LogP contribution >= 0.6 is 15.9 Å². The first-order valence-electron chi connectivity index (χ1n) is 5.29. The molecular weight excluding hydrogens is 300 g/mol. The van der Waals surface area contributed by atoms with Gasteiger partial charge in [0.15, 0.2) is 0 Å². The number of furan rings is 1. The van der Waals surface area contributed by atoms with E-state index in [-0.39, 0.29) is 5.88 Å². The van der Waals surface area contributed by atoms with E-state index in [0.29, 0.717) is 12.3 Å². The molecule has 1 aromatic heterocycles. The Kier molecular flexibility index (Phi) is 3.66. The SMILES string of the molecule is Cc1ccc(Br)cc1NCc1ccc([N+](=O)[O-])o1. The van der Waals surface area contributed by atoms with Gasteiger partial charge < -0.3 is 9.73 Å². The van der Waals surface area contributed by atoms with Gasteiger partial charge in [-0.1, -0.05) is 22.0 Å². The van der Waals surface area contributed by atoms with Crippen LogP contribution in [-0.2, 0) is 6.54 Å². The van der Waals surface area contributed by atoms with Gasteiger partial charge >= 0.3 is 5.88 Å². The van der Waals surface area contributed by atoms with Gasteiger partial charge in [0.1, 0.15) is 10.7 Å². The van der Waals surface area contributed by atoms with E-state index in [0.717, 1.165) is 15.7 Å². The molecule has 1 heterocycles. The van der Waals surface area contributed by atoms with Crippen molar-refractivity contribution in [1.29, 1.82) is 0 Å². The van der Waals surface area contributed by atoms with Crippen LogP contribution in [0.4, 0.5) is 11.6 Å². The van der Waals surface area contributed by atoms with E-state index < -0.39 is 4.92 Å². The first kappa shape index (κ1) is 12.6. The number of benzene rings is 1. The average molecular weight is 311 g/mol. The second-order valence-corrected chi connectivity index (χ2v) is 4.73. The van der Waals surface area contributed by atoms with Crippen LogP contribution in [0.25, 0.3) is 0 Å². The van der Waals surface area contributed by atoms with Gasteiger partial charge in [0.2, 0.25) is 0 Å². The standard InChI is InChI=1S/C12H11BrN2O3/c1-8-2-3-9(13)6-11(8)14-7-10-4-5-12(18-10)15(16)17/h2-6,14H,7H2,1H3. The van der Waals surface area contributed by atoms with Crippen LogP contribution in [0.3, 0.4) is 0 Å². The molecule has 0 aliphatic carbocycles. The summed E-state index contributed by atoms with van der Waals surface area (Å²) < 4.78 is 6.04. The Morgan fingerprint density at radius 3 is 2.83 bits per heavy atom. The number of nitrogens with one attached hydrogen (secondary N) is 1. The number of halogens is 1. The van der Waals surface area contributed by atoms with Crippen molar-refractivity contribution in [2.45, 2.75) is 13.5 Å². The summed E-state index contributed by atoms with van der Waals surface area (Å²) in [7, 11) is 0. The van der Waals surface area contributed by atoms with Gasteiger partial charge in [0, 0.05) is 10.2 Å². The number of nitro groups is 1. The highest BCUT2D eigenvalue weighted by Crippen LogP contribution is 2.22. The van der Waals surface area contributed by atoms with E-state index in [9.17, 15) is 10.1 Å². The Bertz CT molecular complexity index is 580. The zero-order valence-corrected chi connectivity index (χ0v) is 11.2. The third-order valence-corrected chi connectivity index (χ3v) is 2.97. The van der Waals surface area contributed by atoms with Crippen LogP contribution in [0.2, 0.25) is 0 Å². The predicted octanol–water partition coefficient (Wildman–Crippen LogP) is 3.87. The molecule has 0 amide bonds. The molecule has 2 rings (SSSR count). The summed E-state index contributed by atoms with van der Waals surface area (Å²) in [6, 6.07) is 8.84. The van der Waals surface area contributed by atoms with E-state index in [1.54, 1.807) is 6.07 Å². The van der Waals surface area contributed by atoms with Gasteiger partial charge in [-0.2, -0.15) is 0 Å². The van der Waals surface area contributed by atoms with E-state index in [4.69, 9.17) is 4.42 Å². The molecule has 2 aromatic rings. The predicted molar refractivity (Wildman–Crippen MR) is 71.6 cm³/mol. The molecule has 0 bridgehead atoms. The van der Waals surface area contributed by atoms with Crippen molar-refractivity contribution in [3.05, 3.63) is 56.2 Å². The van der Waals surface area contributed by atoms with Crippen molar-refractivity contribution >= 4 is 27.5 Å². The van der Waals surface area contributed by atoms with Gasteiger partial charge in [-0.3, -0.25) is 10.1 Å². The van der Waals surface area contributed by atoms with Crippen molar-refractivity contribution in [1.82, 2.24) is 0 Å². The van der Waals surface area contributed by atoms with E-state index >= 15 is 0 Å². The van der Waals surface area contributed by atoms with Gasteiger partial charge in [-0.15, -0.1) is 0 Å². The summed E-state index contributed by atoms with van der Waals surface area (Å²) in [5.74, 6) is 0.291. The highest BCUT2D eigenvalue weighted by atomic mass is 79.9. The number of hydrogen-bond donors (Lipinski definition) is 1. The van der Waals surface area contributed by atoms with Gasteiger partial charge in [-0.25, -0.2) is 0 Å². The summed E-state index contributed by atoms with van der Waals surface area (Å²) in [6.45, 7) is 2.39. The van der Waals surface area contributed by atoms with Crippen LogP contribution < -0.4 is 5.32 Å². The Morgan fingerprint density at radius 1 is 1.39 bits per heavy atom. The minimum atomic E-state index is -0.548. The Balaban J connectivity index is 2.06. The molecule has 0 fully saturated rings. The average Bonchev–Trinajstić information content (AvgIpc) is 2.79. The highest BCUT2D eigenvalue weighted by molar-refractivity contribution is 9.10. The molecule has 1 aromatic carbocycles. The lowest BCUT2D eigenvalue weighted by atomic mass is 10.2. The Morgan fingerprint density at radius 2 is 2.17 bits per heavy atom. The van der Waals surface area contributed by atoms with Crippen molar-refractivity contribution in [2.24, 2.45) is 0 Å². The first-order valence-corrected chi connectivity index (χ1v) is 6.08. The van der Waals surface area contributed by atoms with Gasteiger partial charge in [0.05, 0.1) is 12.6 Å². The van der Waals surface area contributed by atoms with E-state index in [1.807, 2.05) is 25.1 Å². The molecule has 0 saturated heterocycles. The van der Waals surface area contributed by atoms with Crippen LogP contribution in [0.1, 0.15) is 11.3 Å². The maximum absolute atomic E-state index is 10.5. The fourth-order valence-electron chi connectivity index (χ4n) is 1.53. The van der Waals surface area contributed by atoms with Gasteiger partial charge in [0.25, 0.3) is 0 Å². The fourth-order valence-corrected chi connectivity index (χ4v) is 1.89. The van der Waals surface area contributed by atoms with Crippen molar-refractivity contribution in [3.8, 4) is 0 Å². The van der Waals surface area contributed by atoms with Crippen molar-refractivity contribution in [2.75, 3.05) is 5.32 Å². The molecule has 1 N–H and O–H groups in total. The van der Waals surface area contributed by atoms with Gasteiger partial charge in [-0.05, 0) is 30.7 Å². The molecular formula is C12H11BrN2O3. The molecule has 0 saturated carbocycles. The molecule has 0 aliphatic rings. The van der Waals surface area contributed by atoms with E-state index in [1.165, 1.54) is 6.07 Å². The summed E-state index contributed by atoms with van der Waals surface area (Å²) in [5, 5.41) is 13.6. The zero-order valence-electron chi connectivity index (χ0n) is 9.64. The lowest BCUT2D eigenvalue weighted by Gasteiger charge is -2.08.